The molecule has 0 bridgehead atoms. The first-order valence-electron chi connectivity index (χ1n) is 3.85. The van der Waals surface area contributed by atoms with E-state index in [1.54, 1.807) is 6.08 Å². The number of carbonyl (C=O) groups excluding carboxylic acids is 1. The molecule has 0 amide bonds. The number of hydrogen-bond acceptors (Lipinski definition) is 2. The second-order valence-electron chi connectivity index (χ2n) is 2.58. The van der Waals surface area contributed by atoms with Crippen LogP contribution in [0.3, 0.4) is 0 Å². The fraction of sp³-hybridized carbons (Fsp3) is 0.100. The highest BCUT2D eigenvalue weighted by Gasteiger charge is 2.11. The molecular formula is C10H8I2O2. The second-order valence-corrected chi connectivity index (χ2v) is 4.82. The average molecular weight is 414 g/mol. The Kier molecular flexibility index (Phi) is 4.36. The Labute approximate surface area is 110 Å². The summed E-state index contributed by atoms with van der Waals surface area (Å²) in [5.41, 5.74) is 0.974. The lowest BCUT2D eigenvalue weighted by atomic mass is 10.2. The third-order valence-corrected chi connectivity index (χ3v) is 3.51. The lowest BCUT2D eigenvalue weighted by Crippen LogP contribution is -2.05. The maximum atomic E-state index is 10.9. The first-order chi connectivity index (χ1) is 6.56. The van der Waals surface area contributed by atoms with Gasteiger partial charge in [-0.05, 0) is 56.8 Å². The summed E-state index contributed by atoms with van der Waals surface area (Å²) in [6, 6.07) is 3.85. The summed E-state index contributed by atoms with van der Waals surface area (Å²) in [4.78, 5) is 10.9. The largest absolute Gasteiger partial charge is 0.424 e. The molecule has 0 spiro atoms. The van der Waals surface area contributed by atoms with Gasteiger partial charge in [0.15, 0.2) is 5.75 Å². The molecule has 1 aromatic rings. The fourth-order valence-corrected chi connectivity index (χ4v) is 2.82. The highest BCUT2D eigenvalue weighted by Crippen LogP contribution is 2.30. The summed E-state index contributed by atoms with van der Waals surface area (Å²) in [7, 11) is 0. The minimum Gasteiger partial charge on any atom is -0.424 e. The van der Waals surface area contributed by atoms with E-state index in [9.17, 15) is 4.79 Å². The van der Waals surface area contributed by atoms with E-state index in [0.29, 0.717) is 5.75 Å². The Bertz CT molecular complexity index is 386. The van der Waals surface area contributed by atoms with Gasteiger partial charge in [0.25, 0.3) is 0 Å². The smallest absolute Gasteiger partial charge is 0.308 e. The van der Waals surface area contributed by atoms with Gasteiger partial charge >= 0.3 is 5.97 Å². The zero-order chi connectivity index (χ0) is 10.7. The molecule has 0 saturated heterocycles. The van der Waals surface area contributed by atoms with Crippen LogP contribution in [-0.2, 0) is 4.79 Å². The highest BCUT2D eigenvalue weighted by atomic mass is 127. The maximum Gasteiger partial charge on any atom is 0.308 e. The zero-order valence-corrected chi connectivity index (χ0v) is 11.8. The minimum absolute atomic E-state index is 0.304. The molecule has 2 nitrogen and oxygen atoms in total. The topological polar surface area (TPSA) is 26.3 Å². The fourth-order valence-electron chi connectivity index (χ4n) is 0.943. The normalized spacial score (nSPS) is 9.64. The van der Waals surface area contributed by atoms with Gasteiger partial charge in [0.2, 0.25) is 0 Å². The van der Waals surface area contributed by atoms with Crippen molar-refractivity contribution in [2.45, 2.75) is 6.92 Å². The Hall–Kier alpha value is -0.110. The lowest BCUT2D eigenvalue weighted by Gasteiger charge is -2.08. The van der Waals surface area contributed by atoms with Crippen LogP contribution >= 0.6 is 45.2 Å². The van der Waals surface area contributed by atoms with Crippen molar-refractivity contribution in [1.29, 1.82) is 0 Å². The van der Waals surface area contributed by atoms with Crippen molar-refractivity contribution < 1.29 is 9.53 Å². The first-order valence-corrected chi connectivity index (χ1v) is 6.01. The number of carbonyl (C=O) groups is 1. The first kappa shape index (κ1) is 12.0. The third kappa shape index (κ3) is 2.69. The maximum absolute atomic E-state index is 10.9. The average Bonchev–Trinajstić information content (AvgIpc) is 2.12. The SMILES string of the molecule is C=Cc1ccc(I)c(OC(C)=O)c1I. The molecule has 1 aromatic carbocycles. The number of hydrogen-bond donors (Lipinski definition) is 0. The van der Waals surface area contributed by atoms with Crippen molar-refractivity contribution in [2.24, 2.45) is 0 Å². The van der Waals surface area contributed by atoms with Gasteiger partial charge in [-0.2, -0.15) is 0 Å². The van der Waals surface area contributed by atoms with Crippen LogP contribution in [-0.4, -0.2) is 5.97 Å². The number of halogens is 2. The van der Waals surface area contributed by atoms with Gasteiger partial charge in [0.05, 0.1) is 7.14 Å². The van der Waals surface area contributed by atoms with E-state index >= 15 is 0 Å². The summed E-state index contributed by atoms with van der Waals surface area (Å²) >= 11 is 4.28. The van der Waals surface area contributed by atoms with E-state index in [4.69, 9.17) is 4.74 Å². The van der Waals surface area contributed by atoms with Crippen LogP contribution in [0.15, 0.2) is 18.7 Å². The summed E-state index contributed by atoms with van der Waals surface area (Å²) in [5, 5.41) is 0. The van der Waals surface area contributed by atoms with Gasteiger partial charge in [-0.15, -0.1) is 0 Å². The predicted molar refractivity (Wildman–Crippen MR) is 73.3 cm³/mol. The van der Waals surface area contributed by atoms with E-state index < -0.39 is 0 Å². The van der Waals surface area contributed by atoms with Crippen LogP contribution in [0.5, 0.6) is 5.75 Å². The van der Waals surface area contributed by atoms with Gasteiger partial charge in [0.1, 0.15) is 0 Å². The molecule has 0 aliphatic rings. The molecule has 0 aromatic heterocycles. The van der Waals surface area contributed by atoms with Gasteiger partial charge < -0.3 is 4.74 Å². The zero-order valence-electron chi connectivity index (χ0n) is 7.51. The Morgan fingerprint density at radius 3 is 2.64 bits per heavy atom. The minimum atomic E-state index is -0.304. The van der Waals surface area contributed by atoms with Gasteiger partial charge in [-0.25, -0.2) is 0 Å². The Balaban J connectivity index is 3.24. The molecular weight excluding hydrogens is 406 g/mol. The summed E-state index contributed by atoms with van der Waals surface area (Å²) in [5.74, 6) is 0.318. The van der Waals surface area contributed by atoms with E-state index in [-0.39, 0.29) is 5.97 Å². The monoisotopic (exact) mass is 414 g/mol. The third-order valence-electron chi connectivity index (χ3n) is 1.54. The molecule has 0 saturated carbocycles. The Morgan fingerprint density at radius 1 is 1.50 bits per heavy atom. The molecule has 1 rings (SSSR count). The molecule has 0 unspecified atom stereocenters. The van der Waals surface area contributed by atoms with E-state index in [0.717, 1.165) is 12.7 Å². The van der Waals surface area contributed by atoms with E-state index in [1.807, 2.05) is 12.1 Å². The van der Waals surface area contributed by atoms with Crippen molar-refractivity contribution in [1.82, 2.24) is 0 Å². The van der Waals surface area contributed by atoms with Crippen LogP contribution in [0.2, 0.25) is 0 Å². The number of esters is 1. The van der Waals surface area contributed by atoms with Crippen LogP contribution in [0.1, 0.15) is 12.5 Å². The molecule has 14 heavy (non-hydrogen) atoms. The van der Waals surface area contributed by atoms with Crippen molar-refractivity contribution in [2.75, 3.05) is 0 Å². The van der Waals surface area contributed by atoms with Crippen molar-refractivity contribution in [3.8, 4) is 5.75 Å². The molecule has 0 N–H and O–H groups in total. The van der Waals surface area contributed by atoms with Crippen molar-refractivity contribution in [3.05, 3.63) is 31.4 Å². The van der Waals surface area contributed by atoms with Crippen molar-refractivity contribution >= 4 is 57.2 Å². The highest BCUT2D eigenvalue weighted by molar-refractivity contribution is 14.1. The number of ether oxygens (including phenoxy) is 1. The molecule has 74 valence electrons. The molecule has 4 heteroatoms. The van der Waals surface area contributed by atoms with Crippen LogP contribution in [0.4, 0.5) is 0 Å². The lowest BCUT2D eigenvalue weighted by molar-refractivity contribution is -0.131. The molecule has 0 aliphatic carbocycles. The number of rotatable bonds is 2. The molecule has 0 radical (unpaired) electrons. The second kappa shape index (κ2) is 5.11. The summed E-state index contributed by atoms with van der Waals surface area (Å²) in [6.07, 6.45) is 1.74. The van der Waals surface area contributed by atoms with E-state index in [1.165, 1.54) is 6.92 Å². The molecule has 0 heterocycles. The Morgan fingerprint density at radius 2 is 2.14 bits per heavy atom. The molecule has 0 aliphatic heterocycles. The standard InChI is InChI=1S/C10H8I2O2/c1-3-7-4-5-8(11)10(9(7)12)14-6(2)13/h3-5H,1H2,2H3. The summed E-state index contributed by atoms with van der Waals surface area (Å²) in [6.45, 7) is 5.09. The van der Waals surface area contributed by atoms with Gasteiger partial charge in [-0.3, -0.25) is 4.79 Å². The number of benzene rings is 1. The predicted octanol–water partition coefficient (Wildman–Crippen LogP) is 3.46. The van der Waals surface area contributed by atoms with Crippen LogP contribution < -0.4 is 4.74 Å². The van der Waals surface area contributed by atoms with E-state index in [2.05, 4.69) is 51.8 Å². The van der Waals surface area contributed by atoms with Gasteiger partial charge in [0, 0.05) is 6.92 Å². The molecule has 0 atom stereocenters. The quantitative estimate of drug-likeness (QED) is 0.421. The van der Waals surface area contributed by atoms with Crippen LogP contribution in [0, 0.1) is 7.14 Å². The summed E-state index contributed by atoms with van der Waals surface area (Å²) < 4.78 is 6.96. The van der Waals surface area contributed by atoms with Crippen molar-refractivity contribution in [3.63, 3.8) is 0 Å². The molecule has 0 fully saturated rings. The van der Waals surface area contributed by atoms with Gasteiger partial charge in [-0.1, -0.05) is 18.7 Å². The van der Waals surface area contributed by atoms with Crippen LogP contribution in [0.25, 0.3) is 6.08 Å².